The van der Waals surface area contributed by atoms with Gasteiger partial charge in [0.25, 0.3) is 0 Å². The highest BCUT2D eigenvalue weighted by Gasteiger charge is 2.24. The van der Waals surface area contributed by atoms with E-state index in [-0.39, 0.29) is 24.9 Å². The molecule has 0 saturated heterocycles. The Bertz CT molecular complexity index is 999. The monoisotopic (exact) mass is 770 g/mol. The van der Waals surface area contributed by atoms with E-state index in [1.165, 1.54) is 103 Å². The third kappa shape index (κ3) is 38.2. The number of unbranched alkanes of at least 4 members (excludes halogenated alkanes) is 21. The number of aliphatic hydroxyl groups excluding tert-OH is 2. The number of nitrogens with one attached hydrogen (secondary N) is 1. The summed E-state index contributed by atoms with van der Waals surface area (Å²) in [4.78, 5) is 25.9. The maximum atomic E-state index is 13.1. The summed E-state index contributed by atoms with van der Waals surface area (Å²) in [6.45, 7) is 6.26. The van der Waals surface area contributed by atoms with Gasteiger partial charge in [-0.2, -0.15) is 0 Å². The Hall–Kier alpha value is -2.44. The minimum atomic E-state index is -0.805. The van der Waals surface area contributed by atoms with Crippen molar-refractivity contribution in [1.29, 1.82) is 0 Å². The SMILES string of the molecule is CC/C=C/C=C/C=C\C=C/CCCC(CC(=O)NC(CO)C(O)CCCCCCCCCCCCCCCC)OC(=O)CCCCCCC/C=C\CCCC. The molecule has 0 aromatic heterocycles. The summed E-state index contributed by atoms with van der Waals surface area (Å²) in [5.41, 5.74) is 0. The first-order valence-corrected chi connectivity index (χ1v) is 23.1. The number of ether oxygens (including phenoxy) is 1. The van der Waals surface area contributed by atoms with Crippen molar-refractivity contribution in [3.63, 3.8) is 0 Å². The lowest BCUT2D eigenvalue weighted by Gasteiger charge is -2.24. The third-order valence-corrected chi connectivity index (χ3v) is 10.2. The topological polar surface area (TPSA) is 95.9 Å². The average Bonchev–Trinajstić information content (AvgIpc) is 3.18. The Morgan fingerprint density at radius 2 is 1.04 bits per heavy atom. The highest BCUT2D eigenvalue weighted by Crippen LogP contribution is 2.17. The van der Waals surface area contributed by atoms with Crippen molar-refractivity contribution in [2.45, 2.75) is 232 Å². The van der Waals surface area contributed by atoms with Gasteiger partial charge in [0.05, 0.1) is 25.2 Å². The van der Waals surface area contributed by atoms with Crippen LogP contribution < -0.4 is 5.32 Å². The first-order valence-electron chi connectivity index (χ1n) is 23.1. The molecule has 0 saturated carbocycles. The molecule has 3 atom stereocenters. The molecule has 0 heterocycles. The Kier molecular flexibility index (Phi) is 40.8. The summed E-state index contributed by atoms with van der Waals surface area (Å²) < 4.78 is 5.85. The zero-order valence-corrected chi connectivity index (χ0v) is 36.0. The molecule has 0 aliphatic heterocycles. The van der Waals surface area contributed by atoms with E-state index in [9.17, 15) is 19.8 Å². The van der Waals surface area contributed by atoms with E-state index in [4.69, 9.17) is 4.74 Å². The summed E-state index contributed by atoms with van der Waals surface area (Å²) in [6, 6.07) is -0.723. The van der Waals surface area contributed by atoms with Crippen molar-refractivity contribution in [2.75, 3.05) is 6.61 Å². The maximum Gasteiger partial charge on any atom is 0.306 e. The second-order valence-electron chi connectivity index (χ2n) is 15.5. The van der Waals surface area contributed by atoms with Crippen molar-refractivity contribution in [1.82, 2.24) is 5.32 Å². The van der Waals surface area contributed by atoms with Crippen molar-refractivity contribution in [3.8, 4) is 0 Å². The predicted octanol–water partition coefficient (Wildman–Crippen LogP) is 13.3. The second kappa shape index (κ2) is 42.7. The Labute approximate surface area is 339 Å². The zero-order chi connectivity index (χ0) is 40.3. The van der Waals surface area contributed by atoms with Crippen LogP contribution in [0, 0.1) is 0 Å². The largest absolute Gasteiger partial charge is 0.462 e. The smallest absolute Gasteiger partial charge is 0.306 e. The van der Waals surface area contributed by atoms with Crippen LogP contribution in [0.25, 0.3) is 0 Å². The van der Waals surface area contributed by atoms with Crippen molar-refractivity contribution in [3.05, 3.63) is 60.8 Å². The molecule has 6 nitrogen and oxygen atoms in total. The molecule has 0 rings (SSSR count). The van der Waals surface area contributed by atoms with Crippen LogP contribution in [0.1, 0.15) is 213 Å². The Balaban J connectivity index is 4.63. The van der Waals surface area contributed by atoms with E-state index in [1.54, 1.807) is 0 Å². The lowest BCUT2D eigenvalue weighted by atomic mass is 10.0. The van der Waals surface area contributed by atoms with E-state index in [0.717, 1.165) is 64.2 Å². The quantitative estimate of drug-likeness (QED) is 0.0250. The molecule has 3 unspecified atom stereocenters. The van der Waals surface area contributed by atoms with Crippen molar-refractivity contribution in [2.24, 2.45) is 0 Å². The summed E-state index contributed by atoms with van der Waals surface area (Å²) in [5.74, 6) is -0.557. The highest BCUT2D eigenvalue weighted by atomic mass is 16.5. The van der Waals surface area contributed by atoms with Crippen molar-refractivity contribution < 1.29 is 24.5 Å². The van der Waals surface area contributed by atoms with Gasteiger partial charge in [0, 0.05) is 6.42 Å². The fourth-order valence-electron chi connectivity index (χ4n) is 6.66. The van der Waals surface area contributed by atoms with Crippen LogP contribution in [0.3, 0.4) is 0 Å². The molecule has 0 bridgehead atoms. The van der Waals surface area contributed by atoms with E-state index in [2.05, 4.69) is 50.4 Å². The maximum absolute atomic E-state index is 13.1. The van der Waals surface area contributed by atoms with Gasteiger partial charge < -0.3 is 20.3 Å². The van der Waals surface area contributed by atoms with Gasteiger partial charge in [-0.3, -0.25) is 9.59 Å². The number of esters is 1. The van der Waals surface area contributed by atoms with Crippen LogP contribution in [0.4, 0.5) is 0 Å². The van der Waals surface area contributed by atoms with E-state index in [1.807, 2.05) is 36.5 Å². The molecule has 0 aromatic carbocycles. The van der Waals surface area contributed by atoms with Crippen LogP contribution >= 0.6 is 0 Å². The first-order chi connectivity index (χ1) is 27.0. The molecule has 3 N–H and O–H groups in total. The van der Waals surface area contributed by atoms with Gasteiger partial charge in [0.1, 0.15) is 6.10 Å². The van der Waals surface area contributed by atoms with Crippen LogP contribution in [0.2, 0.25) is 0 Å². The van der Waals surface area contributed by atoms with Gasteiger partial charge in [-0.15, -0.1) is 0 Å². The number of carbonyl (C=O) groups excluding carboxylic acids is 2. The van der Waals surface area contributed by atoms with Crippen molar-refractivity contribution >= 4 is 11.9 Å². The molecule has 0 radical (unpaired) electrons. The van der Waals surface area contributed by atoms with Crippen LogP contribution in [-0.2, 0) is 14.3 Å². The first kappa shape index (κ1) is 52.6. The summed E-state index contributed by atoms with van der Waals surface area (Å²) in [5, 5.41) is 23.6. The molecule has 0 aliphatic carbocycles. The number of hydrogen-bond donors (Lipinski definition) is 3. The summed E-state index contributed by atoms with van der Waals surface area (Å²) >= 11 is 0. The van der Waals surface area contributed by atoms with Gasteiger partial charge in [0.15, 0.2) is 0 Å². The van der Waals surface area contributed by atoms with E-state index in [0.29, 0.717) is 19.3 Å². The molecular weight excluding hydrogens is 683 g/mol. The Morgan fingerprint density at radius 3 is 1.62 bits per heavy atom. The van der Waals surface area contributed by atoms with Gasteiger partial charge in [-0.25, -0.2) is 0 Å². The molecule has 6 heteroatoms. The number of rotatable bonds is 40. The molecule has 0 aliphatic rings. The zero-order valence-electron chi connectivity index (χ0n) is 36.0. The number of hydrogen-bond acceptors (Lipinski definition) is 5. The molecule has 318 valence electrons. The highest BCUT2D eigenvalue weighted by molar-refractivity contribution is 5.77. The van der Waals surface area contributed by atoms with Crippen LogP contribution in [-0.4, -0.2) is 46.9 Å². The minimum Gasteiger partial charge on any atom is -0.462 e. The number of amides is 1. The predicted molar refractivity (Wildman–Crippen MR) is 236 cm³/mol. The van der Waals surface area contributed by atoms with Gasteiger partial charge in [-0.1, -0.05) is 204 Å². The van der Waals surface area contributed by atoms with Crippen LogP contribution in [0.15, 0.2) is 60.8 Å². The van der Waals surface area contributed by atoms with Gasteiger partial charge in [-0.05, 0) is 57.8 Å². The summed E-state index contributed by atoms with van der Waals surface area (Å²) in [6.07, 6.45) is 51.4. The average molecular weight is 770 g/mol. The molecule has 0 aromatic rings. The summed E-state index contributed by atoms with van der Waals surface area (Å²) in [7, 11) is 0. The van der Waals surface area contributed by atoms with Gasteiger partial charge in [0.2, 0.25) is 5.91 Å². The number of carbonyl (C=O) groups is 2. The minimum absolute atomic E-state index is 0.0271. The fourth-order valence-corrected chi connectivity index (χ4v) is 6.66. The molecular formula is C49H87NO5. The van der Waals surface area contributed by atoms with E-state index < -0.39 is 18.2 Å². The molecule has 55 heavy (non-hydrogen) atoms. The van der Waals surface area contributed by atoms with E-state index >= 15 is 0 Å². The molecule has 0 spiro atoms. The lowest BCUT2D eigenvalue weighted by molar-refractivity contribution is -0.151. The number of allylic oxidation sites excluding steroid dienone is 10. The van der Waals surface area contributed by atoms with Gasteiger partial charge >= 0.3 is 5.97 Å². The lowest BCUT2D eigenvalue weighted by Crippen LogP contribution is -2.46. The standard InChI is InChI=1S/C49H87NO5/c1-4-7-10-13-16-19-22-23-24-27-29-32-35-38-41-47(52)46(44-51)50-48(53)43-45(40-37-34-31-28-25-20-17-14-11-8-5-2)55-49(54)42-39-36-33-30-26-21-18-15-12-9-6-3/h8,11,14-15,17-18,20,25,28,31,45-47,51-52H,4-7,9-10,12-13,16,19,21-24,26-27,29-30,32-44H2,1-3H3,(H,50,53)/b11-8+,17-14+,18-15-,25-20-,31-28-. The second-order valence-corrected chi connectivity index (χ2v) is 15.5. The normalized spacial score (nSPS) is 13.9. The Morgan fingerprint density at radius 1 is 0.545 bits per heavy atom. The molecule has 0 fully saturated rings. The third-order valence-electron chi connectivity index (χ3n) is 10.2. The molecule has 1 amide bonds. The number of aliphatic hydroxyl groups is 2. The van der Waals surface area contributed by atoms with Crippen LogP contribution in [0.5, 0.6) is 0 Å². The fraction of sp³-hybridized carbons (Fsp3) is 0.755.